The number of hydrogen-bond donors (Lipinski definition) is 2. The van der Waals surface area contributed by atoms with Crippen molar-refractivity contribution in [3.63, 3.8) is 0 Å². The Morgan fingerprint density at radius 2 is 2.00 bits per heavy atom. The van der Waals surface area contributed by atoms with E-state index in [0.29, 0.717) is 0 Å². The lowest BCUT2D eigenvalue weighted by Gasteiger charge is -2.02. The van der Waals surface area contributed by atoms with E-state index < -0.39 is 18.1 Å². The fraction of sp³-hybridized carbons (Fsp3) is 0. The molecule has 3 nitrogen and oxygen atoms in total. The minimum absolute atomic E-state index is 0.0931. The molecule has 0 saturated carbocycles. The van der Waals surface area contributed by atoms with Crippen LogP contribution >= 0.6 is 23.2 Å². The third-order valence-corrected chi connectivity index (χ3v) is 1.64. The molecule has 1 rings (SSSR count). The highest BCUT2D eigenvalue weighted by Crippen LogP contribution is 2.13. The Kier molecular flexibility index (Phi) is 2.90. The quantitative estimate of drug-likeness (QED) is 0.514. The summed E-state index contributed by atoms with van der Waals surface area (Å²) < 4.78 is 12.9. The minimum Gasteiger partial charge on any atom is -0.423 e. The van der Waals surface area contributed by atoms with E-state index in [1.165, 1.54) is 0 Å². The van der Waals surface area contributed by atoms with Crippen molar-refractivity contribution in [2.45, 2.75) is 0 Å². The summed E-state index contributed by atoms with van der Waals surface area (Å²) >= 11 is 10.7. The van der Waals surface area contributed by atoms with Gasteiger partial charge in [0.1, 0.15) is 5.15 Å². The fourth-order valence-electron chi connectivity index (χ4n) is 0.674. The molecule has 0 aliphatic rings. The van der Waals surface area contributed by atoms with Crippen LogP contribution in [0.2, 0.25) is 10.3 Å². The first-order valence-electron chi connectivity index (χ1n) is 2.90. The fourth-order valence-corrected chi connectivity index (χ4v) is 1.12. The van der Waals surface area contributed by atoms with Crippen LogP contribution in [0.4, 0.5) is 4.39 Å². The molecule has 0 aliphatic heterocycles. The van der Waals surface area contributed by atoms with Crippen molar-refractivity contribution in [1.82, 2.24) is 4.98 Å². The van der Waals surface area contributed by atoms with Crippen molar-refractivity contribution in [1.29, 1.82) is 0 Å². The van der Waals surface area contributed by atoms with E-state index in [4.69, 9.17) is 33.2 Å². The van der Waals surface area contributed by atoms with Crippen LogP contribution in [0.5, 0.6) is 0 Å². The smallest absolute Gasteiger partial charge is 0.423 e. The first-order valence-corrected chi connectivity index (χ1v) is 3.65. The third kappa shape index (κ3) is 1.87. The Labute approximate surface area is 77.9 Å². The maximum Gasteiger partial charge on any atom is 0.491 e. The molecule has 0 saturated heterocycles. The van der Waals surface area contributed by atoms with Gasteiger partial charge in [0.15, 0.2) is 11.0 Å². The largest absolute Gasteiger partial charge is 0.491 e. The van der Waals surface area contributed by atoms with E-state index in [-0.39, 0.29) is 10.6 Å². The molecule has 12 heavy (non-hydrogen) atoms. The second-order valence-electron chi connectivity index (χ2n) is 2.01. The van der Waals surface area contributed by atoms with E-state index in [1.807, 2.05) is 0 Å². The summed E-state index contributed by atoms with van der Waals surface area (Å²) in [6.07, 6.45) is 0. The van der Waals surface area contributed by atoms with Gasteiger partial charge in [-0.2, -0.15) is 0 Å². The van der Waals surface area contributed by atoms with Crippen LogP contribution in [0.15, 0.2) is 6.07 Å². The molecular formula is C5H3BCl2FNO2. The summed E-state index contributed by atoms with van der Waals surface area (Å²) in [4.78, 5) is 3.35. The monoisotopic (exact) mass is 209 g/mol. The number of hydrogen-bond acceptors (Lipinski definition) is 3. The topological polar surface area (TPSA) is 53.4 Å². The number of nitrogens with zero attached hydrogens (tertiary/aromatic N) is 1. The first kappa shape index (κ1) is 9.73. The molecule has 0 radical (unpaired) electrons. The summed E-state index contributed by atoms with van der Waals surface area (Å²) in [5, 5.41) is 16.7. The highest BCUT2D eigenvalue weighted by atomic mass is 35.5. The van der Waals surface area contributed by atoms with Gasteiger partial charge in [-0.15, -0.1) is 0 Å². The SMILES string of the molecule is OB(O)c1cc(Cl)nc(Cl)c1F. The van der Waals surface area contributed by atoms with Crippen molar-refractivity contribution in [3.05, 3.63) is 22.2 Å². The van der Waals surface area contributed by atoms with Crippen LogP contribution in [-0.2, 0) is 0 Å². The zero-order chi connectivity index (χ0) is 9.30. The number of aromatic nitrogens is 1. The van der Waals surface area contributed by atoms with E-state index in [0.717, 1.165) is 6.07 Å². The molecule has 1 aromatic rings. The van der Waals surface area contributed by atoms with E-state index in [9.17, 15) is 4.39 Å². The summed E-state index contributed by atoms with van der Waals surface area (Å²) in [5.41, 5.74) is -0.389. The molecule has 0 spiro atoms. The molecule has 0 bridgehead atoms. The lowest BCUT2D eigenvalue weighted by Crippen LogP contribution is -2.33. The Morgan fingerprint density at radius 3 is 2.50 bits per heavy atom. The molecule has 0 atom stereocenters. The van der Waals surface area contributed by atoms with Gasteiger partial charge in [-0.05, 0) is 6.07 Å². The molecule has 0 unspecified atom stereocenters. The van der Waals surface area contributed by atoms with Gasteiger partial charge in [-0.1, -0.05) is 23.2 Å². The van der Waals surface area contributed by atoms with Gasteiger partial charge in [0.2, 0.25) is 0 Å². The molecule has 1 aromatic heterocycles. The third-order valence-electron chi connectivity index (χ3n) is 1.19. The molecule has 2 N–H and O–H groups in total. The van der Waals surface area contributed by atoms with Crippen LogP contribution in [0.1, 0.15) is 0 Å². The predicted molar refractivity (Wildman–Crippen MR) is 44.0 cm³/mol. The van der Waals surface area contributed by atoms with Gasteiger partial charge >= 0.3 is 7.12 Å². The molecule has 64 valence electrons. The Morgan fingerprint density at radius 1 is 1.42 bits per heavy atom. The maximum absolute atomic E-state index is 12.9. The van der Waals surface area contributed by atoms with Gasteiger partial charge in [-0.25, -0.2) is 9.37 Å². The predicted octanol–water partition coefficient (Wildman–Crippen LogP) is 0.207. The lowest BCUT2D eigenvalue weighted by atomic mass is 9.81. The summed E-state index contributed by atoms with van der Waals surface area (Å²) in [6, 6.07) is 0.993. The van der Waals surface area contributed by atoms with Crippen molar-refractivity contribution < 1.29 is 14.4 Å². The molecular weight excluding hydrogens is 207 g/mol. The zero-order valence-electron chi connectivity index (χ0n) is 5.63. The Bertz CT molecular complexity index is 310. The molecule has 0 fully saturated rings. The Balaban J connectivity index is 3.28. The van der Waals surface area contributed by atoms with Crippen LogP contribution in [0.3, 0.4) is 0 Å². The summed E-state index contributed by atoms with van der Waals surface area (Å²) in [6.45, 7) is 0. The van der Waals surface area contributed by atoms with Crippen molar-refractivity contribution in [3.8, 4) is 0 Å². The normalized spacial score (nSPS) is 10.1. The first-order chi connectivity index (χ1) is 5.52. The molecule has 7 heteroatoms. The van der Waals surface area contributed by atoms with Crippen LogP contribution in [-0.4, -0.2) is 22.2 Å². The van der Waals surface area contributed by atoms with Gasteiger partial charge in [-0.3, -0.25) is 0 Å². The van der Waals surface area contributed by atoms with E-state index in [1.54, 1.807) is 0 Å². The van der Waals surface area contributed by atoms with Gasteiger partial charge in [0.25, 0.3) is 0 Å². The number of pyridine rings is 1. The van der Waals surface area contributed by atoms with Crippen LogP contribution in [0.25, 0.3) is 0 Å². The maximum atomic E-state index is 12.9. The summed E-state index contributed by atoms with van der Waals surface area (Å²) in [7, 11) is -1.94. The van der Waals surface area contributed by atoms with Crippen LogP contribution in [0, 0.1) is 5.82 Å². The standard InChI is InChI=1S/C5H3BCl2FNO2/c7-3-1-2(6(11)12)4(9)5(8)10-3/h1,11-12H. The minimum atomic E-state index is -1.94. The molecule has 0 aliphatic carbocycles. The van der Waals surface area contributed by atoms with Crippen molar-refractivity contribution >= 4 is 35.8 Å². The van der Waals surface area contributed by atoms with Crippen molar-refractivity contribution in [2.75, 3.05) is 0 Å². The summed E-state index contributed by atoms with van der Waals surface area (Å²) in [5.74, 6) is -0.976. The number of rotatable bonds is 1. The lowest BCUT2D eigenvalue weighted by molar-refractivity contribution is 0.423. The number of halogens is 3. The average molecular weight is 210 g/mol. The average Bonchev–Trinajstić information content (AvgIpc) is 1.96. The Hall–Kier alpha value is -0.355. The second-order valence-corrected chi connectivity index (χ2v) is 2.76. The van der Waals surface area contributed by atoms with Crippen molar-refractivity contribution in [2.24, 2.45) is 0 Å². The van der Waals surface area contributed by atoms with Gasteiger partial charge in [0.05, 0.1) is 0 Å². The highest BCUT2D eigenvalue weighted by Gasteiger charge is 2.20. The van der Waals surface area contributed by atoms with Gasteiger partial charge in [0, 0.05) is 5.46 Å². The van der Waals surface area contributed by atoms with E-state index in [2.05, 4.69) is 4.98 Å². The van der Waals surface area contributed by atoms with Crippen LogP contribution < -0.4 is 5.46 Å². The van der Waals surface area contributed by atoms with Gasteiger partial charge < -0.3 is 10.0 Å². The zero-order valence-corrected chi connectivity index (χ0v) is 7.14. The second kappa shape index (κ2) is 3.57. The van der Waals surface area contributed by atoms with E-state index >= 15 is 0 Å². The molecule has 0 amide bonds. The highest BCUT2D eigenvalue weighted by molar-refractivity contribution is 6.59. The molecule has 1 heterocycles. The molecule has 0 aromatic carbocycles.